The van der Waals surface area contributed by atoms with Crippen molar-refractivity contribution < 1.29 is 9.53 Å². The van der Waals surface area contributed by atoms with Crippen LogP contribution in [-0.2, 0) is 16.1 Å². The number of rotatable bonds is 4. The Morgan fingerprint density at radius 2 is 2.10 bits per heavy atom. The summed E-state index contributed by atoms with van der Waals surface area (Å²) >= 11 is 0. The van der Waals surface area contributed by atoms with Gasteiger partial charge in [0.2, 0.25) is 5.91 Å². The van der Waals surface area contributed by atoms with Gasteiger partial charge in [-0.25, -0.2) is 0 Å². The van der Waals surface area contributed by atoms with E-state index in [0.717, 1.165) is 18.5 Å². The summed E-state index contributed by atoms with van der Waals surface area (Å²) in [6.07, 6.45) is 0.871. The predicted octanol–water partition coefficient (Wildman–Crippen LogP) is 1.83. The van der Waals surface area contributed by atoms with Crippen molar-refractivity contribution in [3.63, 3.8) is 0 Å². The smallest absolute Gasteiger partial charge is 0.237 e. The summed E-state index contributed by atoms with van der Waals surface area (Å²) in [7, 11) is 1.68. The van der Waals surface area contributed by atoms with E-state index in [-0.39, 0.29) is 18.1 Å². The maximum absolute atomic E-state index is 12.2. The number of benzene rings is 2. The van der Waals surface area contributed by atoms with Crippen LogP contribution in [-0.4, -0.2) is 31.7 Å². The molecule has 2 N–H and O–H groups in total. The fourth-order valence-corrected chi connectivity index (χ4v) is 2.83. The molecule has 0 bridgehead atoms. The molecule has 1 saturated heterocycles. The van der Waals surface area contributed by atoms with Gasteiger partial charge in [0.1, 0.15) is 0 Å². The number of nitrogens with one attached hydrogen (secondary N) is 2. The molecule has 2 unspecified atom stereocenters. The number of fused-ring (bicyclic) bond motifs is 1. The quantitative estimate of drug-likeness (QED) is 0.900. The highest BCUT2D eigenvalue weighted by Crippen LogP contribution is 2.18. The molecule has 0 saturated carbocycles. The van der Waals surface area contributed by atoms with Gasteiger partial charge in [0.15, 0.2) is 0 Å². The van der Waals surface area contributed by atoms with Gasteiger partial charge in [-0.15, -0.1) is 0 Å². The molecule has 0 radical (unpaired) electrons. The standard InChI is InChI=1S/C17H20N2O2/c1-21-14-9-16(18-11-14)17(20)19-10-13-7-4-6-12-5-2-3-8-15(12)13/h2-8,14,16,18H,9-11H2,1H3,(H,19,20). The van der Waals surface area contributed by atoms with Crippen LogP contribution in [0.5, 0.6) is 0 Å². The first-order valence-corrected chi connectivity index (χ1v) is 7.28. The van der Waals surface area contributed by atoms with E-state index in [0.29, 0.717) is 6.54 Å². The van der Waals surface area contributed by atoms with Gasteiger partial charge in [0.05, 0.1) is 12.1 Å². The maximum atomic E-state index is 12.2. The Morgan fingerprint density at radius 1 is 1.29 bits per heavy atom. The van der Waals surface area contributed by atoms with Crippen molar-refractivity contribution in [3.8, 4) is 0 Å². The topological polar surface area (TPSA) is 50.4 Å². The molecular weight excluding hydrogens is 264 g/mol. The minimum absolute atomic E-state index is 0.0440. The van der Waals surface area contributed by atoms with Crippen molar-refractivity contribution in [2.75, 3.05) is 13.7 Å². The zero-order chi connectivity index (χ0) is 14.7. The van der Waals surface area contributed by atoms with Crippen LogP contribution in [0, 0.1) is 0 Å². The molecule has 4 heteroatoms. The highest BCUT2D eigenvalue weighted by molar-refractivity contribution is 5.87. The predicted molar refractivity (Wildman–Crippen MR) is 83.0 cm³/mol. The Kier molecular flexibility index (Phi) is 4.18. The molecule has 1 fully saturated rings. The summed E-state index contributed by atoms with van der Waals surface area (Å²) in [6.45, 7) is 1.29. The van der Waals surface area contributed by atoms with E-state index in [4.69, 9.17) is 4.74 Å². The number of hydrogen-bond acceptors (Lipinski definition) is 3. The fourth-order valence-electron chi connectivity index (χ4n) is 2.83. The molecule has 110 valence electrons. The van der Waals surface area contributed by atoms with E-state index < -0.39 is 0 Å². The van der Waals surface area contributed by atoms with Gasteiger partial charge in [-0.3, -0.25) is 4.79 Å². The Balaban J connectivity index is 1.65. The lowest BCUT2D eigenvalue weighted by Crippen LogP contribution is -2.40. The first-order valence-electron chi connectivity index (χ1n) is 7.28. The third-order valence-corrected chi connectivity index (χ3v) is 4.07. The third-order valence-electron chi connectivity index (χ3n) is 4.07. The van der Waals surface area contributed by atoms with Crippen LogP contribution >= 0.6 is 0 Å². The van der Waals surface area contributed by atoms with Crippen molar-refractivity contribution in [1.82, 2.24) is 10.6 Å². The third kappa shape index (κ3) is 3.06. The normalized spacial score (nSPS) is 21.6. The summed E-state index contributed by atoms with van der Waals surface area (Å²) < 4.78 is 5.27. The van der Waals surface area contributed by atoms with Gasteiger partial charge < -0.3 is 15.4 Å². The number of methoxy groups -OCH3 is 1. The molecular formula is C17H20N2O2. The van der Waals surface area contributed by atoms with Gasteiger partial charge in [0, 0.05) is 20.2 Å². The molecule has 1 amide bonds. The Bertz CT molecular complexity index is 636. The lowest BCUT2D eigenvalue weighted by molar-refractivity contribution is -0.123. The molecule has 3 rings (SSSR count). The molecule has 0 aromatic heterocycles. The van der Waals surface area contributed by atoms with Crippen molar-refractivity contribution in [1.29, 1.82) is 0 Å². The minimum Gasteiger partial charge on any atom is -0.380 e. The van der Waals surface area contributed by atoms with Crippen molar-refractivity contribution in [2.45, 2.75) is 25.1 Å². The highest BCUT2D eigenvalue weighted by atomic mass is 16.5. The van der Waals surface area contributed by atoms with Crippen LogP contribution in [0.3, 0.4) is 0 Å². The number of carbonyl (C=O) groups is 1. The zero-order valence-electron chi connectivity index (χ0n) is 12.1. The summed E-state index contributed by atoms with van der Waals surface area (Å²) in [6, 6.07) is 14.2. The minimum atomic E-state index is -0.148. The van der Waals surface area contributed by atoms with Gasteiger partial charge in [0.25, 0.3) is 0 Å². The molecule has 2 aromatic rings. The van der Waals surface area contributed by atoms with Gasteiger partial charge >= 0.3 is 0 Å². The van der Waals surface area contributed by atoms with Crippen LogP contribution in [0.1, 0.15) is 12.0 Å². The maximum Gasteiger partial charge on any atom is 0.237 e. The molecule has 4 nitrogen and oxygen atoms in total. The van der Waals surface area contributed by atoms with E-state index in [9.17, 15) is 4.79 Å². The number of carbonyl (C=O) groups excluding carboxylic acids is 1. The molecule has 0 aliphatic carbocycles. The highest BCUT2D eigenvalue weighted by Gasteiger charge is 2.28. The molecule has 1 heterocycles. The van der Waals surface area contributed by atoms with Crippen LogP contribution < -0.4 is 10.6 Å². The molecule has 2 atom stereocenters. The zero-order valence-corrected chi connectivity index (χ0v) is 12.1. The molecule has 0 spiro atoms. The van der Waals surface area contributed by atoms with Crippen LogP contribution in [0.25, 0.3) is 10.8 Å². The second-order valence-corrected chi connectivity index (χ2v) is 5.41. The van der Waals surface area contributed by atoms with Crippen LogP contribution in [0.4, 0.5) is 0 Å². The van der Waals surface area contributed by atoms with Crippen LogP contribution in [0.15, 0.2) is 42.5 Å². The fraction of sp³-hybridized carbons (Fsp3) is 0.353. The summed E-state index contributed by atoms with van der Waals surface area (Å²) in [5.74, 6) is 0.0440. The molecule has 1 aliphatic rings. The second-order valence-electron chi connectivity index (χ2n) is 5.41. The Morgan fingerprint density at radius 3 is 2.90 bits per heavy atom. The van der Waals surface area contributed by atoms with Gasteiger partial charge in [-0.1, -0.05) is 42.5 Å². The van der Waals surface area contributed by atoms with E-state index in [1.165, 1.54) is 10.8 Å². The van der Waals surface area contributed by atoms with E-state index in [1.807, 2.05) is 18.2 Å². The van der Waals surface area contributed by atoms with E-state index in [1.54, 1.807) is 7.11 Å². The number of hydrogen-bond donors (Lipinski definition) is 2. The van der Waals surface area contributed by atoms with Gasteiger partial charge in [-0.2, -0.15) is 0 Å². The van der Waals surface area contributed by atoms with E-state index in [2.05, 4.69) is 34.9 Å². The lowest BCUT2D eigenvalue weighted by atomic mass is 10.0. The number of amides is 1. The SMILES string of the molecule is COC1CNC(C(=O)NCc2cccc3ccccc23)C1. The average Bonchev–Trinajstić information content (AvgIpc) is 3.01. The monoisotopic (exact) mass is 284 g/mol. The summed E-state index contributed by atoms with van der Waals surface area (Å²) in [4.78, 5) is 12.2. The van der Waals surface area contributed by atoms with Crippen LogP contribution in [0.2, 0.25) is 0 Å². The largest absolute Gasteiger partial charge is 0.380 e. The lowest BCUT2D eigenvalue weighted by Gasteiger charge is -2.12. The molecule has 2 aromatic carbocycles. The first kappa shape index (κ1) is 14.0. The molecule has 1 aliphatic heterocycles. The van der Waals surface area contributed by atoms with Crippen molar-refractivity contribution >= 4 is 16.7 Å². The number of ether oxygens (including phenoxy) is 1. The summed E-state index contributed by atoms with van der Waals surface area (Å²) in [5.41, 5.74) is 1.14. The Hall–Kier alpha value is -1.91. The summed E-state index contributed by atoms with van der Waals surface area (Å²) in [5, 5.41) is 8.60. The van der Waals surface area contributed by atoms with Crippen molar-refractivity contribution in [2.24, 2.45) is 0 Å². The molecule has 21 heavy (non-hydrogen) atoms. The first-order chi connectivity index (χ1) is 10.3. The van der Waals surface area contributed by atoms with E-state index >= 15 is 0 Å². The van der Waals surface area contributed by atoms with Gasteiger partial charge in [-0.05, 0) is 22.8 Å². The average molecular weight is 284 g/mol. The second kappa shape index (κ2) is 6.24. The Labute approximate surface area is 124 Å². The van der Waals surface area contributed by atoms with Crippen molar-refractivity contribution in [3.05, 3.63) is 48.0 Å².